The molecule has 0 unspecified atom stereocenters. The maximum atomic E-state index is 13.1. The number of halogens is 2. The molecule has 160 valence electrons. The standard InChI is InChI=1S/C22H20BrFN4O2S/c1-3-30-20(29)18-13(2)25-21-26-22(31-12-14-4-10-17(24)11-5-14)27-28(21)19(18)15-6-8-16(23)9-7-15/h4-11,19H,3,12H2,1-2H3,(H,25,26,27)/t19-/m0/s1. The highest BCUT2D eigenvalue weighted by molar-refractivity contribution is 9.10. The molecule has 0 bridgehead atoms. The van der Waals surface area contributed by atoms with E-state index in [0.29, 0.717) is 28.1 Å². The van der Waals surface area contributed by atoms with Crippen molar-refractivity contribution in [3.05, 3.63) is 81.2 Å². The van der Waals surface area contributed by atoms with Crippen molar-refractivity contribution in [2.24, 2.45) is 0 Å². The van der Waals surface area contributed by atoms with Gasteiger partial charge < -0.3 is 10.1 Å². The van der Waals surface area contributed by atoms with Crippen molar-refractivity contribution in [1.82, 2.24) is 14.8 Å². The Morgan fingerprint density at radius 2 is 1.94 bits per heavy atom. The Bertz CT molecular complexity index is 1130. The third kappa shape index (κ3) is 4.67. The van der Waals surface area contributed by atoms with E-state index in [1.807, 2.05) is 31.2 Å². The van der Waals surface area contributed by atoms with E-state index in [0.717, 1.165) is 15.6 Å². The van der Waals surface area contributed by atoms with E-state index in [1.54, 1.807) is 23.7 Å². The summed E-state index contributed by atoms with van der Waals surface area (Å²) >= 11 is 4.90. The zero-order valence-electron chi connectivity index (χ0n) is 16.9. The maximum absolute atomic E-state index is 13.1. The van der Waals surface area contributed by atoms with Gasteiger partial charge >= 0.3 is 5.97 Å². The molecular weight excluding hydrogens is 483 g/mol. The number of allylic oxidation sites excluding steroid dienone is 1. The summed E-state index contributed by atoms with van der Waals surface area (Å²) in [5, 5.41) is 8.41. The molecule has 0 amide bonds. The fourth-order valence-corrected chi connectivity index (χ4v) is 4.40. The van der Waals surface area contributed by atoms with Crippen LogP contribution in [0.1, 0.15) is 31.0 Å². The number of hydrogen-bond donors (Lipinski definition) is 1. The van der Waals surface area contributed by atoms with Gasteiger partial charge in [0.2, 0.25) is 11.1 Å². The summed E-state index contributed by atoms with van der Waals surface area (Å²) in [6.07, 6.45) is 0. The van der Waals surface area contributed by atoms with E-state index in [4.69, 9.17) is 4.74 Å². The zero-order chi connectivity index (χ0) is 22.0. The molecule has 2 heterocycles. The molecule has 4 rings (SSSR count). The number of fused-ring (bicyclic) bond motifs is 1. The average Bonchev–Trinajstić information content (AvgIpc) is 3.15. The lowest BCUT2D eigenvalue weighted by atomic mass is 9.96. The summed E-state index contributed by atoms with van der Waals surface area (Å²) in [4.78, 5) is 17.4. The van der Waals surface area contributed by atoms with Crippen LogP contribution in [0.25, 0.3) is 0 Å². The van der Waals surface area contributed by atoms with Crippen LogP contribution in [0.15, 0.2) is 69.4 Å². The number of carbonyl (C=O) groups is 1. The topological polar surface area (TPSA) is 69.0 Å². The fourth-order valence-electron chi connectivity index (χ4n) is 3.35. The molecule has 31 heavy (non-hydrogen) atoms. The monoisotopic (exact) mass is 502 g/mol. The molecule has 2 aromatic carbocycles. The summed E-state index contributed by atoms with van der Waals surface area (Å²) < 4.78 is 21.1. The molecule has 0 saturated carbocycles. The molecule has 9 heteroatoms. The number of nitrogens with zero attached hydrogens (tertiary/aromatic N) is 3. The molecule has 0 fully saturated rings. The van der Waals surface area contributed by atoms with Crippen molar-refractivity contribution >= 4 is 39.6 Å². The van der Waals surface area contributed by atoms with Gasteiger partial charge in [0.05, 0.1) is 12.2 Å². The number of thioether (sulfide) groups is 1. The first-order valence-corrected chi connectivity index (χ1v) is 11.5. The van der Waals surface area contributed by atoms with Crippen LogP contribution in [0.4, 0.5) is 10.3 Å². The van der Waals surface area contributed by atoms with Crippen LogP contribution >= 0.6 is 27.7 Å². The van der Waals surface area contributed by atoms with Crippen molar-refractivity contribution in [3.63, 3.8) is 0 Å². The molecule has 1 aliphatic heterocycles. The summed E-state index contributed by atoms with van der Waals surface area (Å²) in [7, 11) is 0. The van der Waals surface area contributed by atoms with Gasteiger partial charge in [0.15, 0.2) is 0 Å². The molecule has 0 spiro atoms. The Morgan fingerprint density at radius 1 is 1.23 bits per heavy atom. The van der Waals surface area contributed by atoms with Gasteiger partial charge in [0.1, 0.15) is 11.9 Å². The fraction of sp³-hybridized carbons (Fsp3) is 0.227. The van der Waals surface area contributed by atoms with Gasteiger partial charge in [-0.05, 0) is 49.2 Å². The summed E-state index contributed by atoms with van der Waals surface area (Å²) in [5.41, 5.74) is 3.05. The number of esters is 1. The van der Waals surface area contributed by atoms with Crippen LogP contribution in [0.5, 0.6) is 0 Å². The smallest absolute Gasteiger partial charge is 0.338 e. The van der Waals surface area contributed by atoms with Crippen LogP contribution in [0, 0.1) is 5.82 Å². The maximum Gasteiger partial charge on any atom is 0.338 e. The van der Waals surface area contributed by atoms with E-state index in [9.17, 15) is 9.18 Å². The molecule has 0 aliphatic carbocycles. The van der Waals surface area contributed by atoms with Crippen LogP contribution in [-0.2, 0) is 15.3 Å². The van der Waals surface area contributed by atoms with Crippen LogP contribution in [0.2, 0.25) is 0 Å². The third-order valence-corrected chi connectivity index (χ3v) is 6.23. The first-order valence-electron chi connectivity index (χ1n) is 9.70. The van der Waals surface area contributed by atoms with Gasteiger partial charge in [-0.3, -0.25) is 0 Å². The Kier molecular flexibility index (Phi) is 6.43. The van der Waals surface area contributed by atoms with Crippen molar-refractivity contribution in [3.8, 4) is 0 Å². The van der Waals surface area contributed by atoms with E-state index in [1.165, 1.54) is 23.9 Å². The quantitative estimate of drug-likeness (QED) is 0.363. The number of ether oxygens (including phenoxy) is 1. The highest BCUT2D eigenvalue weighted by Crippen LogP contribution is 2.37. The van der Waals surface area contributed by atoms with Gasteiger partial charge in [-0.15, -0.1) is 5.10 Å². The Morgan fingerprint density at radius 3 is 2.61 bits per heavy atom. The lowest BCUT2D eigenvalue weighted by Crippen LogP contribution is -2.29. The number of carbonyl (C=O) groups excluding carboxylic acids is 1. The molecule has 1 aromatic heterocycles. The number of nitrogens with one attached hydrogen (secondary N) is 1. The van der Waals surface area contributed by atoms with Crippen LogP contribution in [0.3, 0.4) is 0 Å². The molecule has 1 aliphatic rings. The average molecular weight is 503 g/mol. The molecule has 0 saturated heterocycles. The SMILES string of the molecule is CCOC(=O)C1=C(C)Nc2nc(SCc3ccc(F)cc3)nn2[C@H]1c1ccc(Br)cc1. The largest absolute Gasteiger partial charge is 0.463 e. The van der Waals surface area contributed by atoms with Crippen molar-refractivity contribution < 1.29 is 13.9 Å². The van der Waals surface area contributed by atoms with E-state index in [2.05, 4.69) is 31.3 Å². The number of hydrogen-bond acceptors (Lipinski definition) is 6. The van der Waals surface area contributed by atoms with Crippen LogP contribution < -0.4 is 5.32 Å². The minimum atomic E-state index is -0.462. The lowest BCUT2D eigenvalue weighted by molar-refractivity contribution is -0.139. The second kappa shape index (κ2) is 9.23. The second-order valence-electron chi connectivity index (χ2n) is 6.92. The van der Waals surface area contributed by atoms with Gasteiger partial charge in [-0.1, -0.05) is 52.0 Å². The lowest BCUT2D eigenvalue weighted by Gasteiger charge is -2.28. The molecule has 1 N–H and O–H groups in total. The van der Waals surface area contributed by atoms with E-state index < -0.39 is 6.04 Å². The second-order valence-corrected chi connectivity index (χ2v) is 8.77. The van der Waals surface area contributed by atoms with Gasteiger partial charge in [-0.25, -0.2) is 13.9 Å². The molecule has 3 aromatic rings. The van der Waals surface area contributed by atoms with Crippen LogP contribution in [-0.4, -0.2) is 27.3 Å². The van der Waals surface area contributed by atoms with E-state index in [-0.39, 0.29) is 18.4 Å². The Labute approximate surface area is 192 Å². The summed E-state index contributed by atoms with van der Waals surface area (Å²) in [6, 6.07) is 13.6. The normalized spacial score (nSPS) is 15.4. The third-order valence-electron chi connectivity index (χ3n) is 4.80. The van der Waals surface area contributed by atoms with Gasteiger partial charge in [-0.2, -0.15) is 4.98 Å². The van der Waals surface area contributed by atoms with Gasteiger partial charge in [0.25, 0.3) is 0 Å². The first kappa shape index (κ1) is 21.6. The van der Waals surface area contributed by atoms with E-state index >= 15 is 0 Å². The number of benzene rings is 2. The summed E-state index contributed by atoms with van der Waals surface area (Å²) in [5.74, 6) is 0.505. The van der Waals surface area contributed by atoms with Crippen molar-refractivity contribution in [2.45, 2.75) is 30.8 Å². The molecule has 1 atom stereocenters. The Hall–Kier alpha value is -2.65. The predicted octanol–water partition coefficient (Wildman–Crippen LogP) is 5.32. The number of rotatable bonds is 6. The Balaban J connectivity index is 1.67. The predicted molar refractivity (Wildman–Crippen MR) is 121 cm³/mol. The first-order chi connectivity index (χ1) is 15.0. The zero-order valence-corrected chi connectivity index (χ0v) is 19.3. The van der Waals surface area contributed by atoms with Gasteiger partial charge in [0, 0.05) is 15.9 Å². The summed E-state index contributed by atoms with van der Waals surface area (Å²) in [6.45, 7) is 3.90. The minimum Gasteiger partial charge on any atom is -0.463 e. The molecular formula is C22H20BrFN4O2S. The molecule has 0 radical (unpaired) electrons. The highest BCUT2D eigenvalue weighted by atomic mass is 79.9. The minimum absolute atomic E-state index is 0.265. The molecule has 6 nitrogen and oxygen atoms in total. The number of aromatic nitrogens is 3. The number of anilines is 1. The van der Waals surface area contributed by atoms with Crippen molar-refractivity contribution in [1.29, 1.82) is 0 Å². The van der Waals surface area contributed by atoms with Crippen molar-refractivity contribution in [2.75, 3.05) is 11.9 Å². The highest BCUT2D eigenvalue weighted by Gasteiger charge is 2.35.